The lowest BCUT2D eigenvalue weighted by Crippen LogP contribution is -2.18. The number of hydrogen-bond donors (Lipinski definition) is 1. The van der Waals surface area contributed by atoms with E-state index in [0.717, 1.165) is 12.2 Å². The average molecular weight is 336 g/mol. The van der Waals surface area contributed by atoms with E-state index in [1.54, 1.807) is 0 Å². The molecule has 1 rings (SSSR count). The monoisotopic (exact) mass is 335 g/mol. The number of ether oxygens (including phenoxy) is 1. The van der Waals surface area contributed by atoms with Crippen LogP contribution < -0.4 is 5.32 Å². The van der Waals surface area contributed by atoms with Crippen LogP contribution in [-0.4, -0.2) is 0 Å². The molecule has 0 aromatic carbocycles. The Morgan fingerprint density at radius 3 is 1.79 bits per heavy atom. The predicted molar refractivity (Wildman–Crippen MR) is 106 cm³/mol. The number of hydrogen-bond acceptors (Lipinski definition) is 2. The summed E-state index contributed by atoms with van der Waals surface area (Å²) in [7, 11) is 0. The molecule has 0 aromatic heterocycles. The summed E-state index contributed by atoms with van der Waals surface area (Å²) in [5.74, 6) is 1.73. The van der Waals surface area contributed by atoms with Crippen molar-refractivity contribution in [3.05, 3.63) is 24.4 Å². The summed E-state index contributed by atoms with van der Waals surface area (Å²) in [6.45, 7) is 10.7. The van der Waals surface area contributed by atoms with Crippen molar-refractivity contribution in [3.8, 4) is 0 Å². The molecular weight excluding hydrogens is 294 g/mol. The second-order valence-corrected chi connectivity index (χ2v) is 7.73. The lowest BCUT2D eigenvalue weighted by Gasteiger charge is -2.28. The number of rotatable bonds is 15. The Morgan fingerprint density at radius 2 is 1.38 bits per heavy atom. The van der Waals surface area contributed by atoms with Gasteiger partial charge in [0.2, 0.25) is 0 Å². The van der Waals surface area contributed by atoms with E-state index in [4.69, 9.17) is 4.74 Å². The summed E-state index contributed by atoms with van der Waals surface area (Å²) in [6, 6.07) is 0. The number of unbranched alkanes of at least 4 members (excludes halogenated alkanes) is 11. The molecule has 1 heterocycles. The van der Waals surface area contributed by atoms with Crippen LogP contribution >= 0.6 is 0 Å². The second kappa shape index (κ2) is 12.4. The summed E-state index contributed by atoms with van der Waals surface area (Å²) in [5.41, 5.74) is 0.158. The Kier molecular flexibility index (Phi) is 11.0. The fourth-order valence-corrected chi connectivity index (χ4v) is 3.47. The van der Waals surface area contributed by atoms with E-state index in [1.807, 2.05) is 6.20 Å². The number of allylic oxidation sites excluding steroid dienone is 1. The Balaban J connectivity index is 1.98. The lowest BCUT2D eigenvalue weighted by molar-refractivity contribution is 0.184. The first kappa shape index (κ1) is 21.1. The summed E-state index contributed by atoms with van der Waals surface area (Å²) in [6.07, 6.45) is 21.2. The van der Waals surface area contributed by atoms with Gasteiger partial charge < -0.3 is 10.1 Å². The van der Waals surface area contributed by atoms with Crippen molar-refractivity contribution in [2.75, 3.05) is 0 Å². The van der Waals surface area contributed by atoms with E-state index in [2.05, 4.69) is 32.7 Å². The van der Waals surface area contributed by atoms with Crippen LogP contribution in [0.2, 0.25) is 0 Å². The van der Waals surface area contributed by atoms with Crippen molar-refractivity contribution >= 4 is 0 Å². The molecule has 140 valence electrons. The molecule has 0 amide bonds. The van der Waals surface area contributed by atoms with Gasteiger partial charge in [-0.2, -0.15) is 0 Å². The molecule has 0 aliphatic carbocycles. The van der Waals surface area contributed by atoms with E-state index in [9.17, 15) is 0 Å². The molecule has 0 aromatic rings. The van der Waals surface area contributed by atoms with Crippen LogP contribution in [0.15, 0.2) is 24.4 Å². The van der Waals surface area contributed by atoms with Crippen molar-refractivity contribution < 1.29 is 4.74 Å². The molecule has 0 saturated carbocycles. The van der Waals surface area contributed by atoms with E-state index in [0.29, 0.717) is 5.88 Å². The van der Waals surface area contributed by atoms with Crippen LogP contribution in [0.3, 0.4) is 0 Å². The van der Waals surface area contributed by atoms with Crippen molar-refractivity contribution in [3.63, 3.8) is 0 Å². The molecule has 0 saturated heterocycles. The molecule has 1 aliphatic rings. The van der Waals surface area contributed by atoms with E-state index in [-0.39, 0.29) is 5.41 Å². The molecule has 24 heavy (non-hydrogen) atoms. The molecule has 0 radical (unpaired) electrons. The first-order chi connectivity index (χ1) is 11.6. The summed E-state index contributed by atoms with van der Waals surface area (Å²) in [5, 5.41) is 3.08. The van der Waals surface area contributed by atoms with Crippen LogP contribution in [0.5, 0.6) is 0 Å². The highest BCUT2D eigenvalue weighted by molar-refractivity contribution is 5.15. The molecule has 0 bridgehead atoms. The van der Waals surface area contributed by atoms with Gasteiger partial charge in [0.15, 0.2) is 5.88 Å². The predicted octanol–water partition coefficient (Wildman–Crippen LogP) is 7.43. The highest BCUT2D eigenvalue weighted by Gasteiger charge is 2.31. The van der Waals surface area contributed by atoms with Crippen LogP contribution in [-0.2, 0) is 4.74 Å². The zero-order chi connectivity index (χ0) is 17.7. The smallest absolute Gasteiger partial charge is 0.189 e. The third-order valence-electron chi connectivity index (χ3n) is 5.55. The van der Waals surface area contributed by atoms with E-state index < -0.39 is 0 Å². The first-order valence-electron chi connectivity index (χ1n) is 10.5. The van der Waals surface area contributed by atoms with Crippen molar-refractivity contribution in [1.29, 1.82) is 0 Å². The normalized spacial score (nSPS) is 16.5. The summed E-state index contributed by atoms with van der Waals surface area (Å²) >= 11 is 0. The minimum atomic E-state index is 0.158. The van der Waals surface area contributed by atoms with E-state index >= 15 is 0 Å². The van der Waals surface area contributed by atoms with Gasteiger partial charge in [0, 0.05) is 11.6 Å². The minimum Gasteiger partial charge on any atom is -0.444 e. The lowest BCUT2D eigenvalue weighted by atomic mass is 9.80. The second-order valence-electron chi connectivity index (χ2n) is 7.73. The van der Waals surface area contributed by atoms with Crippen LogP contribution in [0.25, 0.3) is 0 Å². The van der Waals surface area contributed by atoms with Gasteiger partial charge in [-0.25, -0.2) is 0 Å². The number of nitrogens with one attached hydrogen (secondary N) is 1. The van der Waals surface area contributed by atoms with Gasteiger partial charge in [0.1, 0.15) is 5.76 Å². The molecule has 2 heteroatoms. The van der Waals surface area contributed by atoms with Gasteiger partial charge >= 0.3 is 0 Å². The molecule has 1 aliphatic heterocycles. The molecular formula is C22H41NO. The van der Waals surface area contributed by atoms with E-state index in [1.165, 1.54) is 83.5 Å². The Labute approximate surface area is 151 Å². The molecule has 1 atom stereocenters. The van der Waals surface area contributed by atoms with Crippen molar-refractivity contribution in [2.24, 2.45) is 5.41 Å². The SMILES string of the molecule is C=C1NC=C(C(C)(CC)CCCCCCCCCCCCCC)O1. The topological polar surface area (TPSA) is 21.3 Å². The first-order valence-corrected chi connectivity index (χ1v) is 10.5. The third kappa shape index (κ3) is 8.26. The van der Waals surface area contributed by atoms with Gasteiger partial charge in [-0.15, -0.1) is 0 Å². The van der Waals surface area contributed by atoms with Gasteiger partial charge in [0.05, 0.1) is 0 Å². The standard InChI is InChI=1S/C22H41NO/c1-5-7-8-9-10-11-12-13-14-15-16-17-18-22(4,6-2)21-19-23-20(3)24-21/h19,23H,3,5-18H2,1-2,4H3. The molecule has 0 fully saturated rings. The van der Waals surface area contributed by atoms with Gasteiger partial charge in [-0.05, 0) is 19.4 Å². The van der Waals surface area contributed by atoms with Crippen LogP contribution in [0.4, 0.5) is 0 Å². The van der Waals surface area contributed by atoms with Crippen LogP contribution in [0, 0.1) is 5.41 Å². The quantitative estimate of drug-likeness (QED) is 0.314. The molecule has 1 unspecified atom stereocenters. The Hall–Kier alpha value is -0.920. The average Bonchev–Trinajstić information content (AvgIpc) is 3.03. The zero-order valence-electron chi connectivity index (χ0n) is 16.6. The van der Waals surface area contributed by atoms with Crippen molar-refractivity contribution in [2.45, 2.75) is 111 Å². The maximum Gasteiger partial charge on any atom is 0.189 e. The maximum atomic E-state index is 5.73. The highest BCUT2D eigenvalue weighted by Crippen LogP contribution is 2.39. The van der Waals surface area contributed by atoms with Crippen molar-refractivity contribution in [1.82, 2.24) is 5.32 Å². The van der Waals surface area contributed by atoms with Gasteiger partial charge in [-0.1, -0.05) is 97.8 Å². The third-order valence-corrected chi connectivity index (χ3v) is 5.55. The van der Waals surface area contributed by atoms with Crippen LogP contribution in [0.1, 0.15) is 111 Å². The Bertz CT molecular complexity index is 374. The van der Waals surface area contributed by atoms with Gasteiger partial charge in [-0.3, -0.25) is 0 Å². The minimum absolute atomic E-state index is 0.158. The molecule has 1 N–H and O–H groups in total. The summed E-state index contributed by atoms with van der Waals surface area (Å²) in [4.78, 5) is 0. The fourth-order valence-electron chi connectivity index (χ4n) is 3.47. The molecule has 0 spiro atoms. The zero-order valence-corrected chi connectivity index (χ0v) is 16.6. The van der Waals surface area contributed by atoms with Gasteiger partial charge in [0.25, 0.3) is 0 Å². The largest absolute Gasteiger partial charge is 0.444 e. The Morgan fingerprint density at radius 1 is 0.875 bits per heavy atom. The summed E-state index contributed by atoms with van der Waals surface area (Å²) < 4.78 is 5.73. The maximum absolute atomic E-state index is 5.73. The molecule has 2 nitrogen and oxygen atoms in total. The fraction of sp³-hybridized carbons (Fsp3) is 0.818. The highest BCUT2D eigenvalue weighted by atomic mass is 16.5.